The van der Waals surface area contributed by atoms with Gasteiger partial charge in [-0.3, -0.25) is 4.79 Å². The lowest BCUT2D eigenvalue weighted by molar-refractivity contribution is -0.163. The Morgan fingerprint density at radius 1 is 1.55 bits per heavy atom. The summed E-state index contributed by atoms with van der Waals surface area (Å²) in [5.41, 5.74) is 7.17. The van der Waals surface area contributed by atoms with E-state index >= 15 is 0 Å². The van der Waals surface area contributed by atoms with Crippen LogP contribution in [-0.2, 0) is 20.7 Å². The van der Waals surface area contributed by atoms with Crippen molar-refractivity contribution in [3.05, 3.63) is 28.2 Å². The van der Waals surface area contributed by atoms with E-state index in [1.807, 2.05) is 26.0 Å². The minimum Gasteiger partial charge on any atom is -0.465 e. The standard InChI is InChI=1S/C16H21BrN2O3/c1-3-22-14(20)15(2)9-11-4-5-12(17)8-13(11)19-6-7-21-10-16(15,19)18/h4-5,8H,3,6-7,9-10,18H2,1-2H3/t15-,16?/m0/s1. The first-order valence-electron chi connectivity index (χ1n) is 7.52. The molecular weight excluding hydrogens is 348 g/mol. The normalized spacial score (nSPS) is 30.5. The van der Waals surface area contributed by atoms with Gasteiger partial charge in [0.2, 0.25) is 0 Å². The van der Waals surface area contributed by atoms with Crippen LogP contribution in [0.3, 0.4) is 0 Å². The molecule has 2 N–H and O–H groups in total. The zero-order chi connectivity index (χ0) is 16.0. The highest BCUT2D eigenvalue weighted by molar-refractivity contribution is 9.10. The van der Waals surface area contributed by atoms with Gasteiger partial charge in [-0.1, -0.05) is 22.0 Å². The van der Waals surface area contributed by atoms with Gasteiger partial charge < -0.3 is 20.1 Å². The van der Waals surface area contributed by atoms with E-state index in [2.05, 4.69) is 26.9 Å². The maximum absolute atomic E-state index is 12.7. The summed E-state index contributed by atoms with van der Waals surface area (Å²) in [5.74, 6) is -0.262. The molecule has 0 bridgehead atoms. The van der Waals surface area contributed by atoms with E-state index in [1.165, 1.54) is 0 Å². The smallest absolute Gasteiger partial charge is 0.316 e. The van der Waals surface area contributed by atoms with Crippen LogP contribution in [-0.4, -0.2) is 38.0 Å². The molecule has 1 aromatic rings. The van der Waals surface area contributed by atoms with Crippen LogP contribution in [0, 0.1) is 5.41 Å². The zero-order valence-corrected chi connectivity index (χ0v) is 14.5. The van der Waals surface area contributed by atoms with Crippen molar-refractivity contribution in [2.75, 3.05) is 31.3 Å². The molecule has 0 aliphatic carbocycles. The molecule has 3 rings (SSSR count). The highest BCUT2D eigenvalue weighted by Gasteiger charge is 2.59. The van der Waals surface area contributed by atoms with E-state index in [9.17, 15) is 4.79 Å². The molecule has 2 heterocycles. The molecule has 0 aromatic heterocycles. The molecule has 0 saturated carbocycles. The Hall–Kier alpha value is -1.11. The van der Waals surface area contributed by atoms with Gasteiger partial charge in [0.15, 0.2) is 0 Å². The summed E-state index contributed by atoms with van der Waals surface area (Å²) < 4.78 is 12.0. The van der Waals surface area contributed by atoms with Crippen LogP contribution < -0.4 is 10.6 Å². The fraction of sp³-hybridized carbons (Fsp3) is 0.562. The number of carbonyl (C=O) groups is 1. The summed E-state index contributed by atoms with van der Waals surface area (Å²) in [7, 11) is 0. The minimum atomic E-state index is -0.898. The fourth-order valence-electron chi connectivity index (χ4n) is 3.46. The maximum atomic E-state index is 12.7. The van der Waals surface area contributed by atoms with Crippen molar-refractivity contribution in [3.8, 4) is 0 Å². The monoisotopic (exact) mass is 368 g/mol. The number of hydrogen-bond donors (Lipinski definition) is 1. The molecule has 6 heteroatoms. The van der Waals surface area contributed by atoms with E-state index in [-0.39, 0.29) is 5.97 Å². The van der Waals surface area contributed by atoms with E-state index in [0.717, 1.165) is 15.7 Å². The van der Waals surface area contributed by atoms with E-state index in [0.29, 0.717) is 32.8 Å². The van der Waals surface area contributed by atoms with Gasteiger partial charge in [0.05, 0.1) is 19.8 Å². The largest absolute Gasteiger partial charge is 0.465 e. The maximum Gasteiger partial charge on any atom is 0.316 e. The van der Waals surface area contributed by atoms with E-state index in [4.69, 9.17) is 15.2 Å². The molecule has 1 aromatic carbocycles. The fourth-order valence-corrected chi connectivity index (χ4v) is 3.81. The highest BCUT2D eigenvalue weighted by Crippen LogP contribution is 2.48. The van der Waals surface area contributed by atoms with Gasteiger partial charge in [-0.05, 0) is 38.0 Å². The van der Waals surface area contributed by atoms with E-state index < -0.39 is 11.1 Å². The van der Waals surface area contributed by atoms with Gasteiger partial charge in [0, 0.05) is 16.7 Å². The van der Waals surface area contributed by atoms with Crippen molar-refractivity contribution in [2.24, 2.45) is 11.1 Å². The van der Waals surface area contributed by atoms with Crippen molar-refractivity contribution in [3.63, 3.8) is 0 Å². The molecule has 1 fully saturated rings. The molecule has 0 radical (unpaired) electrons. The van der Waals surface area contributed by atoms with Crippen LogP contribution >= 0.6 is 15.9 Å². The Balaban J connectivity index is 2.13. The second kappa shape index (κ2) is 5.51. The molecule has 5 nitrogen and oxygen atoms in total. The first-order valence-corrected chi connectivity index (χ1v) is 8.31. The molecule has 1 saturated heterocycles. The molecule has 22 heavy (non-hydrogen) atoms. The molecular formula is C16H21BrN2O3. The van der Waals surface area contributed by atoms with Gasteiger partial charge in [-0.2, -0.15) is 0 Å². The molecule has 0 spiro atoms. The number of ether oxygens (including phenoxy) is 2. The van der Waals surface area contributed by atoms with Gasteiger partial charge in [0.1, 0.15) is 11.1 Å². The Morgan fingerprint density at radius 2 is 2.32 bits per heavy atom. The molecule has 0 amide bonds. The number of fused-ring (bicyclic) bond motifs is 3. The number of benzene rings is 1. The average Bonchev–Trinajstić information content (AvgIpc) is 2.49. The number of morpholine rings is 1. The lowest BCUT2D eigenvalue weighted by Gasteiger charge is -2.57. The number of hydrogen-bond acceptors (Lipinski definition) is 5. The van der Waals surface area contributed by atoms with Crippen molar-refractivity contribution >= 4 is 27.6 Å². The summed E-state index contributed by atoms with van der Waals surface area (Å²) in [6.45, 7) is 5.62. The lowest BCUT2D eigenvalue weighted by atomic mass is 9.68. The van der Waals surface area contributed by atoms with Crippen molar-refractivity contribution in [1.29, 1.82) is 0 Å². The van der Waals surface area contributed by atoms with Crippen molar-refractivity contribution < 1.29 is 14.3 Å². The topological polar surface area (TPSA) is 64.8 Å². The predicted molar refractivity (Wildman–Crippen MR) is 87.7 cm³/mol. The quantitative estimate of drug-likeness (QED) is 0.809. The van der Waals surface area contributed by atoms with Crippen LogP contribution in [0.2, 0.25) is 0 Å². The third kappa shape index (κ3) is 2.16. The van der Waals surface area contributed by atoms with Crippen LogP contribution in [0.5, 0.6) is 0 Å². The molecule has 2 aliphatic rings. The Kier molecular flexibility index (Phi) is 3.95. The summed E-state index contributed by atoms with van der Waals surface area (Å²) in [6.07, 6.45) is 0.546. The summed E-state index contributed by atoms with van der Waals surface area (Å²) in [4.78, 5) is 14.8. The molecule has 2 atom stereocenters. The zero-order valence-electron chi connectivity index (χ0n) is 12.9. The number of nitrogens with two attached hydrogens (primary N) is 1. The number of carbonyl (C=O) groups excluding carboxylic acids is 1. The summed E-state index contributed by atoms with van der Waals surface area (Å²) >= 11 is 3.52. The number of halogens is 1. The van der Waals surface area contributed by atoms with Crippen LogP contribution in [0.1, 0.15) is 19.4 Å². The third-order valence-electron chi connectivity index (χ3n) is 4.83. The second-order valence-corrected chi connectivity index (χ2v) is 7.05. The highest BCUT2D eigenvalue weighted by atomic mass is 79.9. The first-order chi connectivity index (χ1) is 10.4. The number of anilines is 1. The Morgan fingerprint density at radius 3 is 3.05 bits per heavy atom. The first kappa shape index (κ1) is 15.8. The number of rotatable bonds is 2. The molecule has 120 valence electrons. The third-order valence-corrected chi connectivity index (χ3v) is 5.32. The Labute approximate surface area is 138 Å². The van der Waals surface area contributed by atoms with Crippen molar-refractivity contribution in [2.45, 2.75) is 25.9 Å². The minimum absolute atomic E-state index is 0.262. The lowest BCUT2D eigenvalue weighted by Crippen LogP contribution is -2.75. The van der Waals surface area contributed by atoms with Crippen LogP contribution in [0.15, 0.2) is 22.7 Å². The average molecular weight is 369 g/mol. The summed E-state index contributed by atoms with van der Waals surface area (Å²) in [6, 6.07) is 6.10. The Bertz CT molecular complexity index is 609. The molecule has 1 unspecified atom stereocenters. The van der Waals surface area contributed by atoms with Gasteiger partial charge in [0.25, 0.3) is 0 Å². The van der Waals surface area contributed by atoms with E-state index in [1.54, 1.807) is 0 Å². The summed E-state index contributed by atoms with van der Waals surface area (Å²) in [5, 5.41) is 0. The van der Waals surface area contributed by atoms with Crippen molar-refractivity contribution in [1.82, 2.24) is 0 Å². The number of esters is 1. The van der Waals surface area contributed by atoms with Crippen LogP contribution in [0.25, 0.3) is 0 Å². The predicted octanol–water partition coefficient (Wildman–Crippen LogP) is 2.07. The van der Waals surface area contributed by atoms with Gasteiger partial charge >= 0.3 is 5.97 Å². The molecule has 2 aliphatic heterocycles. The second-order valence-electron chi connectivity index (χ2n) is 6.13. The van der Waals surface area contributed by atoms with Crippen LogP contribution in [0.4, 0.5) is 5.69 Å². The van der Waals surface area contributed by atoms with Gasteiger partial charge in [-0.25, -0.2) is 0 Å². The SMILES string of the molecule is CCOC(=O)[C@]1(C)Cc2ccc(Br)cc2N2CCOCC21N. The number of nitrogens with zero attached hydrogens (tertiary/aromatic N) is 1. The van der Waals surface area contributed by atoms with Gasteiger partial charge in [-0.15, -0.1) is 0 Å².